The summed E-state index contributed by atoms with van der Waals surface area (Å²) in [5, 5.41) is 3.48. The Bertz CT molecular complexity index is 631. The molecule has 0 saturated heterocycles. The molecule has 0 unspecified atom stereocenters. The molecule has 3 nitrogen and oxygen atoms in total. The molecule has 0 saturated carbocycles. The molecule has 1 aliphatic rings. The molecule has 3 rings (SSSR count). The van der Waals surface area contributed by atoms with Crippen LogP contribution in [-0.2, 0) is 12.8 Å². The van der Waals surface area contributed by atoms with Crippen molar-refractivity contribution in [2.75, 3.05) is 11.9 Å². The van der Waals surface area contributed by atoms with Gasteiger partial charge in [-0.15, -0.1) is 11.3 Å². The van der Waals surface area contributed by atoms with Crippen LogP contribution in [0.5, 0.6) is 0 Å². The monoisotopic (exact) mass is 287 g/mol. The van der Waals surface area contributed by atoms with Gasteiger partial charge in [0.15, 0.2) is 5.82 Å². The Balaban J connectivity index is 2.06. The average Bonchev–Trinajstić information content (AvgIpc) is 3.01. The van der Waals surface area contributed by atoms with Gasteiger partial charge < -0.3 is 5.32 Å². The molecule has 1 N–H and O–H groups in total. The normalized spacial score (nSPS) is 13.6. The zero-order valence-electron chi connectivity index (χ0n) is 12.4. The van der Waals surface area contributed by atoms with Crippen LogP contribution in [0.15, 0.2) is 6.07 Å². The molecular weight excluding hydrogens is 266 g/mol. The standard InChI is InChI=1S/C16H21N3S/c1-4-8-17-15-12-6-5-7-14(12)18-16(19-15)13-9-10(2)20-11(13)3/h9H,4-8H2,1-3H3,(H,17,18,19). The van der Waals surface area contributed by atoms with Crippen molar-refractivity contribution in [3.63, 3.8) is 0 Å². The van der Waals surface area contributed by atoms with E-state index in [0.717, 1.165) is 37.4 Å². The van der Waals surface area contributed by atoms with Gasteiger partial charge in [0, 0.05) is 33.1 Å². The lowest BCUT2D eigenvalue weighted by Gasteiger charge is -2.11. The summed E-state index contributed by atoms with van der Waals surface area (Å²) in [5.41, 5.74) is 3.78. The Labute approximate surface area is 124 Å². The average molecular weight is 287 g/mol. The minimum atomic E-state index is 0.895. The Kier molecular flexibility index (Phi) is 3.74. The minimum Gasteiger partial charge on any atom is -0.370 e. The van der Waals surface area contributed by atoms with Crippen LogP contribution in [0, 0.1) is 13.8 Å². The van der Waals surface area contributed by atoms with Crippen molar-refractivity contribution >= 4 is 17.2 Å². The number of nitrogens with one attached hydrogen (secondary N) is 1. The third-order valence-electron chi connectivity index (χ3n) is 3.76. The molecule has 2 heterocycles. The highest BCUT2D eigenvalue weighted by molar-refractivity contribution is 7.12. The molecule has 0 atom stereocenters. The van der Waals surface area contributed by atoms with Crippen molar-refractivity contribution < 1.29 is 0 Å². The van der Waals surface area contributed by atoms with E-state index in [-0.39, 0.29) is 0 Å². The van der Waals surface area contributed by atoms with Gasteiger partial charge in [0.25, 0.3) is 0 Å². The maximum atomic E-state index is 4.82. The largest absolute Gasteiger partial charge is 0.370 e. The second-order valence-electron chi connectivity index (χ2n) is 5.43. The van der Waals surface area contributed by atoms with Crippen molar-refractivity contribution in [1.29, 1.82) is 0 Å². The molecule has 0 bridgehead atoms. The van der Waals surface area contributed by atoms with E-state index in [1.54, 1.807) is 0 Å². The molecule has 1 aliphatic carbocycles. The topological polar surface area (TPSA) is 37.8 Å². The van der Waals surface area contributed by atoms with Gasteiger partial charge in [-0.1, -0.05) is 6.92 Å². The van der Waals surface area contributed by atoms with Crippen molar-refractivity contribution in [3.05, 3.63) is 27.1 Å². The van der Waals surface area contributed by atoms with Crippen LogP contribution in [0.25, 0.3) is 11.4 Å². The molecule has 106 valence electrons. The van der Waals surface area contributed by atoms with Crippen LogP contribution in [0.2, 0.25) is 0 Å². The first-order chi connectivity index (χ1) is 9.69. The first-order valence-corrected chi connectivity index (χ1v) is 8.21. The molecular formula is C16H21N3S. The predicted octanol–water partition coefficient (Wildman–Crippen LogP) is 4.13. The highest BCUT2D eigenvalue weighted by Crippen LogP contribution is 2.33. The maximum Gasteiger partial charge on any atom is 0.162 e. The molecule has 0 fully saturated rings. The fraction of sp³-hybridized carbons (Fsp3) is 0.500. The number of nitrogens with zero attached hydrogens (tertiary/aromatic N) is 2. The summed E-state index contributed by atoms with van der Waals surface area (Å²) >= 11 is 1.82. The lowest BCUT2D eigenvalue weighted by Crippen LogP contribution is -2.08. The number of hydrogen-bond donors (Lipinski definition) is 1. The Morgan fingerprint density at radius 1 is 1.25 bits per heavy atom. The number of aromatic nitrogens is 2. The number of rotatable bonds is 4. The van der Waals surface area contributed by atoms with E-state index in [1.165, 1.54) is 33.0 Å². The van der Waals surface area contributed by atoms with E-state index in [9.17, 15) is 0 Å². The van der Waals surface area contributed by atoms with E-state index < -0.39 is 0 Å². The van der Waals surface area contributed by atoms with Crippen LogP contribution in [0.3, 0.4) is 0 Å². The highest BCUT2D eigenvalue weighted by Gasteiger charge is 2.20. The number of aryl methyl sites for hydroxylation is 3. The van der Waals surface area contributed by atoms with E-state index in [2.05, 4.69) is 32.2 Å². The number of thiophene rings is 1. The SMILES string of the molecule is CCCNc1nc(-c2cc(C)sc2C)nc2c1CCC2. The number of fused-ring (bicyclic) bond motifs is 1. The second-order valence-corrected chi connectivity index (χ2v) is 6.89. The number of hydrogen-bond acceptors (Lipinski definition) is 4. The minimum absolute atomic E-state index is 0.895. The van der Waals surface area contributed by atoms with Gasteiger partial charge in [0.1, 0.15) is 5.82 Å². The Morgan fingerprint density at radius 3 is 2.80 bits per heavy atom. The van der Waals surface area contributed by atoms with Gasteiger partial charge in [-0.3, -0.25) is 0 Å². The molecule has 2 aromatic heterocycles. The molecule has 2 aromatic rings. The van der Waals surface area contributed by atoms with Crippen LogP contribution >= 0.6 is 11.3 Å². The fourth-order valence-electron chi connectivity index (χ4n) is 2.80. The summed E-state index contributed by atoms with van der Waals surface area (Å²) in [6.07, 6.45) is 4.53. The maximum absolute atomic E-state index is 4.82. The third-order valence-corrected chi connectivity index (χ3v) is 4.72. The van der Waals surface area contributed by atoms with Crippen LogP contribution in [-0.4, -0.2) is 16.5 Å². The van der Waals surface area contributed by atoms with Crippen molar-refractivity contribution in [2.24, 2.45) is 0 Å². The summed E-state index contributed by atoms with van der Waals surface area (Å²) in [6.45, 7) is 7.46. The van der Waals surface area contributed by atoms with Gasteiger partial charge in [0.05, 0.1) is 0 Å². The molecule has 20 heavy (non-hydrogen) atoms. The number of anilines is 1. The van der Waals surface area contributed by atoms with E-state index in [0.29, 0.717) is 0 Å². The van der Waals surface area contributed by atoms with E-state index >= 15 is 0 Å². The summed E-state index contributed by atoms with van der Waals surface area (Å²) < 4.78 is 0. The lowest BCUT2D eigenvalue weighted by molar-refractivity contribution is 0.899. The van der Waals surface area contributed by atoms with E-state index in [1.807, 2.05) is 11.3 Å². The summed E-state index contributed by atoms with van der Waals surface area (Å²) in [4.78, 5) is 12.3. The quantitative estimate of drug-likeness (QED) is 0.918. The third kappa shape index (κ3) is 2.44. The predicted molar refractivity (Wildman–Crippen MR) is 85.6 cm³/mol. The lowest BCUT2D eigenvalue weighted by atomic mass is 10.2. The molecule has 0 spiro atoms. The molecule has 0 aliphatic heterocycles. The summed E-state index contributed by atoms with van der Waals surface area (Å²) in [6, 6.07) is 2.21. The first kappa shape index (κ1) is 13.6. The Morgan fingerprint density at radius 2 is 2.10 bits per heavy atom. The van der Waals surface area contributed by atoms with Crippen LogP contribution in [0.1, 0.15) is 40.8 Å². The van der Waals surface area contributed by atoms with Crippen LogP contribution in [0.4, 0.5) is 5.82 Å². The van der Waals surface area contributed by atoms with Crippen molar-refractivity contribution in [1.82, 2.24) is 9.97 Å². The zero-order chi connectivity index (χ0) is 14.1. The van der Waals surface area contributed by atoms with Crippen molar-refractivity contribution in [2.45, 2.75) is 46.5 Å². The zero-order valence-corrected chi connectivity index (χ0v) is 13.2. The fourth-order valence-corrected chi connectivity index (χ4v) is 3.72. The first-order valence-electron chi connectivity index (χ1n) is 7.40. The molecule has 0 radical (unpaired) electrons. The summed E-state index contributed by atoms with van der Waals surface area (Å²) in [5.74, 6) is 1.96. The summed E-state index contributed by atoms with van der Waals surface area (Å²) in [7, 11) is 0. The van der Waals surface area contributed by atoms with Crippen molar-refractivity contribution in [3.8, 4) is 11.4 Å². The molecule has 0 aromatic carbocycles. The molecule has 4 heteroatoms. The van der Waals surface area contributed by atoms with Gasteiger partial charge in [-0.05, 0) is 45.6 Å². The van der Waals surface area contributed by atoms with Gasteiger partial charge in [-0.2, -0.15) is 0 Å². The Hall–Kier alpha value is -1.42. The highest BCUT2D eigenvalue weighted by atomic mass is 32.1. The van der Waals surface area contributed by atoms with E-state index in [4.69, 9.17) is 9.97 Å². The van der Waals surface area contributed by atoms with Gasteiger partial charge >= 0.3 is 0 Å². The van der Waals surface area contributed by atoms with Gasteiger partial charge in [0.2, 0.25) is 0 Å². The molecule has 0 amide bonds. The smallest absolute Gasteiger partial charge is 0.162 e. The second kappa shape index (κ2) is 5.52. The van der Waals surface area contributed by atoms with Gasteiger partial charge in [-0.25, -0.2) is 9.97 Å². The van der Waals surface area contributed by atoms with Crippen LogP contribution < -0.4 is 5.32 Å².